The van der Waals surface area contributed by atoms with E-state index in [-0.39, 0.29) is 35.0 Å². The zero-order chi connectivity index (χ0) is 24.7. The molecule has 1 saturated heterocycles. The fraction of sp³-hybridized carbons (Fsp3) is 0.348. The molecule has 1 aliphatic rings. The lowest BCUT2D eigenvalue weighted by Gasteiger charge is -2.21. The number of likely N-dealkylation sites (tertiary alicyclic amines) is 1. The van der Waals surface area contributed by atoms with Crippen molar-refractivity contribution in [3.63, 3.8) is 0 Å². The molecular formula is C23H20F6N4O. The van der Waals surface area contributed by atoms with Gasteiger partial charge >= 0.3 is 12.4 Å². The predicted molar refractivity (Wildman–Crippen MR) is 111 cm³/mol. The Morgan fingerprint density at radius 2 is 1.62 bits per heavy atom. The third-order valence-corrected chi connectivity index (χ3v) is 5.78. The molecule has 34 heavy (non-hydrogen) atoms. The Kier molecular flexibility index (Phi) is 6.13. The van der Waals surface area contributed by atoms with Gasteiger partial charge in [-0.2, -0.15) is 26.3 Å². The molecule has 1 amide bonds. The van der Waals surface area contributed by atoms with Crippen LogP contribution in [0.2, 0.25) is 0 Å². The van der Waals surface area contributed by atoms with E-state index in [1.165, 1.54) is 4.68 Å². The van der Waals surface area contributed by atoms with Crippen LogP contribution in [-0.2, 0) is 18.9 Å². The Hall–Kier alpha value is -3.37. The van der Waals surface area contributed by atoms with E-state index in [0.29, 0.717) is 24.2 Å². The number of amides is 1. The number of carbonyl (C=O) groups excluding carboxylic acids is 1. The second-order valence-corrected chi connectivity index (χ2v) is 8.21. The number of hydrogen-bond donors (Lipinski definition) is 0. The average Bonchev–Trinajstić information content (AvgIpc) is 3.38. The van der Waals surface area contributed by atoms with Crippen LogP contribution in [0.4, 0.5) is 26.3 Å². The Balaban J connectivity index is 1.80. The first kappa shape index (κ1) is 23.8. The zero-order valence-electron chi connectivity index (χ0n) is 18.0. The van der Waals surface area contributed by atoms with Gasteiger partial charge in [-0.15, -0.1) is 5.10 Å². The summed E-state index contributed by atoms with van der Waals surface area (Å²) in [7, 11) is 0. The van der Waals surface area contributed by atoms with Crippen molar-refractivity contribution >= 4 is 5.91 Å². The van der Waals surface area contributed by atoms with Gasteiger partial charge in [0.2, 0.25) is 0 Å². The Morgan fingerprint density at radius 1 is 1.00 bits per heavy atom. The molecule has 5 nitrogen and oxygen atoms in total. The molecule has 0 spiro atoms. The number of benzene rings is 2. The van der Waals surface area contributed by atoms with Crippen LogP contribution >= 0.6 is 0 Å². The van der Waals surface area contributed by atoms with Gasteiger partial charge in [-0.3, -0.25) is 4.79 Å². The molecule has 4 rings (SSSR count). The standard InChI is InChI=1S/C23H20F6N4O/c1-14-6-5-9-32(14)21(34)19-20(16-7-3-2-4-8-16)33(31-30-19)13-15-10-17(22(24,25)26)12-18(11-15)23(27,28)29/h2-4,7-8,10-12,14H,5-6,9,13H2,1H3. The van der Waals surface area contributed by atoms with Crippen molar-refractivity contribution in [1.29, 1.82) is 0 Å². The molecule has 0 bridgehead atoms. The molecule has 1 aliphatic heterocycles. The van der Waals surface area contributed by atoms with Crippen LogP contribution in [0.25, 0.3) is 11.3 Å². The lowest BCUT2D eigenvalue weighted by Crippen LogP contribution is -2.34. The summed E-state index contributed by atoms with van der Waals surface area (Å²) in [5, 5.41) is 7.93. The molecule has 1 atom stereocenters. The number of aromatic nitrogens is 3. The quantitative estimate of drug-likeness (QED) is 0.452. The maximum Gasteiger partial charge on any atom is 0.416 e. The molecule has 1 aromatic heterocycles. The maximum atomic E-state index is 13.3. The summed E-state index contributed by atoms with van der Waals surface area (Å²) >= 11 is 0. The highest BCUT2D eigenvalue weighted by molar-refractivity contribution is 5.98. The van der Waals surface area contributed by atoms with E-state index in [0.717, 1.165) is 12.8 Å². The summed E-state index contributed by atoms with van der Waals surface area (Å²) in [5.74, 6) is -0.380. The summed E-state index contributed by atoms with van der Waals surface area (Å²) in [6, 6.07) is 9.84. The monoisotopic (exact) mass is 482 g/mol. The second kappa shape index (κ2) is 8.77. The molecule has 0 radical (unpaired) electrons. The molecule has 1 fully saturated rings. The van der Waals surface area contributed by atoms with Gasteiger partial charge in [-0.1, -0.05) is 35.5 Å². The first-order chi connectivity index (χ1) is 15.9. The van der Waals surface area contributed by atoms with Gasteiger partial charge < -0.3 is 4.90 Å². The van der Waals surface area contributed by atoms with Crippen molar-refractivity contribution in [2.45, 2.75) is 44.7 Å². The molecular weight excluding hydrogens is 462 g/mol. The highest BCUT2D eigenvalue weighted by atomic mass is 19.4. The molecule has 0 aliphatic carbocycles. The molecule has 11 heteroatoms. The first-order valence-corrected chi connectivity index (χ1v) is 10.5. The van der Waals surface area contributed by atoms with Crippen molar-refractivity contribution in [2.75, 3.05) is 6.54 Å². The van der Waals surface area contributed by atoms with Crippen LogP contribution in [0.1, 0.15) is 46.9 Å². The van der Waals surface area contributed by atoms with Crippen LogP contribution in [0, 0.1) is 0 Å². The topological polar surface area (TPSA) is 51.0 Å². The van der Waals surface area contributed by atoms with Gasteiger partial charge in [0, 0.05) is 18.2 Å². The van der Waals surface area contributed by atoms with Gasteiger partial charge in [0.15, 0.2) is 5.69 Å². The smallest absolute Gasteiger partial charge is 0.334 e. The molecule has 3 aromatic rings. The number of nitrogens with zero attached hydrogens (tertiary/aromatic N) is 4. The van der Waals surface area contributed by atoms with E-state index in [2.05, 4.69) is 10.3 Å². The van der Waals surface area contributed by atoms with E-state index < -0.39 is 30.0 Å². The van der Waals surface area contributed by atoms with E-state index in [4.69, 9.17) is 0 Å². The molecule has 180 valence electrons. The van der Waals surface area contributed by atoms with Crippen molar-refractivity contribution in [2.24, 2.45) is 0 Å². The lowest BCUT2D eigenvalue weighted by atomic mass is 10.0. The average molecular weight is 482 g/mol. The summed E-state index contributed by atoms with van der Waals surface area (Å²) in [5.41, 5.74) is -2.34. The highest BCUT2D eigenvalue weighted by Crippen LogP contribution is 2.37. The third kappa shape index (κ3) is 4.78. The normalized spacial score (nSPS) is 16.8. The fourth-order valence-corrected chi connectivity index (χ4v) is 4.10. The Morgan fingerprint density at radius 3 is 2.15 bits per heavy atom. The number of halogens is 6. The zero-order valence-corrected chi connectivity index (χ0v) is 18.0. The number of carbonyl (C=O) groups is 1. The second-order valence-electron chi connectivity index (χ2n) is 8.21. The minimum atomic E-state index is -4.96. The Labute approximate surface area is 191 Å². The van der Waals surface area contributed by atoms with E-state index >= 15 is 0 Å². The van der Waals surface area contributed by atoms with E-state index in [1.807, 2.05) is 6.92 Å². The lowest BCUT2D eigenvalue weighted by molar-refractivity contribution is -0.143. The van der Waals surface area contributed by atoms with Crippen molar-refractivity contribution in [3.05, 3.63) is 70.9 Å². The van der Waals surface area contributed by atoms with Crippen molar-refractivity contribution < 1.29 is 31.1 Å². The molecule has 2 heterocycles. The van der Waals surface area contributed by atoms with Gasteiger partial charge in [0.05, 0.1) is 17.7 Å². The number of hydrogen-bond acceptors (Lipinski definition) is 3. The minimum Gasteiger partial charge on any atom is -0.334 e. The summed E-state index contributed by atoms with van der Waals surface area (Å²) in [4.78, 5) is 14.8. The van der Waals surface area contributed by atoms with Crippen LogP contribution < -0.4 is 0 Å². The largest absolute Gasteiger partial charge is 0.416 e. The maximum absolute atomic E-state index is 13.3. The predicted octanol–water partition coefficient (Wildman–Crippen LogP) is 5.66. The molecule has 0 N–H and O–H groups in total. The molecule has 0 saturated carbocycles. The fourth-order valence-electron chi connectivity index (χ4n) is 4.10. The molecule has 1 unspecified atom stereocenters. The van der Waals surface area contributed by atoms with Crippen LogP contribution in [0.3, 0.4) is 0 Å². The third-order valence-electron chi connectivity index (χ3n) is 5.78. The van der Waals surface area contributed by atoms with Crippen LogP contribution in [0.15, 0.2) is 48.5 Å². The van der Waals surface area contributed by atoms with E-state index in [9.17, 15) is 31.1 Å². The van der Waals surface area contributed by atoms with E-state index in [1.54, 1.807) is 35.2 Å². The highest BCUT2D eigenvalue weighted by Gasteiger charge is 2.37. The van der Waals surface area contributed by atoms with Gasteiger partial charge in [-0.05, 0) is 43.5 Å². The summed E-state index contributed by atoms with van der Waals surface area (Å²) < 4.78 is 80.9. The SMILES string of the molecule is CC1CCCN1C(=O)c1nnn(Cc2cc(C(F)(F)F)cc(C(F)(F)F)c2)c1-c1ccccc1. The number of rotatable bonds is 4. The van der Waals surface area contributed by atoms with Crippen molar-refractivity contribution in [1.82, 2.24) is 19.9 Å². The van der Waals surface area contributed by atoms with Gasteiger partial charge in [0.25, 0.3) is 5.91 Å². The van der Waals surface area contributed by atoms with Crippen molar-refractivity contribution in [3.8, 4) is 11.3 Å². The Bertz CT molecular complexity index is 1150. The summed E-state index contributed by atoms with van der Waals surface area (Å²) in [6.45, 7) is 2.00. The molecule has 2 aromatic carbocycles. The van der Waals surface area contributed by atoms with Crippen LogP contribution in [-0.4, -0.2) is 38.4 Å². The van der Waals surface area contributed by atoms with Crippen LogP contribution in [0.5, 0.6) is 0 Å². The number of alkyl halides is 6. The first-order valence-electron chi connectivity index (χ1n) is 10.5. The van der Waals surface area contributed by atoms with Gasteiger partial charge in [-0.25, -0.2) is 4.68 Å². The van der Waals surface area contributed by atoms with Gasteiger partial charge in [0.1, 0.15) is 5.69 Å². The minimum absolute atomic E-state index is 0.00275. The summed E-state index contributed by atoms with van der Waals surface area (Å²) in [6.07, 6.45) is -8.28.